The minimum absolute atomic E-state index is 0.00255. The topological polar surface area (TPSA) is 52.6 Å². The van der Waals surface area contributed by atoms with E-state index >= 15 is 0 Å². The van der Waals surface area contributed by atoms with Gasteiger partial charge >= 0.3 is 0 Å². The molecule has 2 rings (SSSR count). The molecular formula is C10H18N2O2S. The van der Waals surface area contributed by atoms with Crippen LogP contribution in [0.1, 0.15) is 13.3 Å². The Bertz CT molecular complexity index is 242. The van der Waals surface area contributed by atoms with E-state index in [1.165, 1.54) is 0 Å². The summed E-state index contributed by atoms with van der Waals surface area (Å²) in [5, 5.41) is 12.6. The second-order valence-corrected chi connectivity index (χ2v) is 5.38. The van der Waals surface area contributed by atoms with E-state index in [9.17, 15) is 9.90 Å². The molecule has 0 aromatic carbocycles. The highest BCUT2D eigenvalue weighted by molar-refractivity contribution is 7.99. The van der Waals surface area contributed by atoms with E-state index in [0.29, 0.717) is 0 Å². The van der Waals surface area contributed by atoms with Crippen molar-refractivity contribution in [2.45, 2.75) is 25.5 Å². The first-order chi connectivity index (χ1) is 7.18. The van der Waals surface area contributed by atoms with Gasteiger partial charge in [0.2, 0.25) is 5.91 Å². The molecule has 0 aromatic rings. The summed E-state index contributed by atoms with van der Waals surface area (Å²) in [4.78, 5) is 13.9. The van der Waals surface area contributed by atoms with Gasteiger partial charge in [0.25, 0.3) is 0 Å². The van der Waals surface area contributed by atoms with Crippen LogP contribution < -0.4 is 5.32 Å². The number of nitrogens with zero attached hydrogens (tertiary/aromatic N) is 1. The molecule has 1 amide bonds. The molecule has 0 saturated carbocycles. The van der Waals surface area contributed by atoms with E-state index < -0.39 is 0 Å². The van der Waals surface area contributed by atoms with Crippen LogP contribution in [-0.2, 0) is 4.79 Å². The smallest absolute Gasteiger partial charge is 0.240 e. The average Bonchev–Trinajstić information content (AvgIpc) is 2.88. The summed E-state index contributed by atoms with van der Waals surface area (Å²) >= 11 is 1.77. The fourth-order valence-corrected chi connectivity index (χ4v) is 3.09. The minimum atomic E-state index is -0.297. The summed E-state index contributed by atoms with van der Waals surface area (Å²) in [7, 11) is 0. The Morgan fingerprint density at radius 1 is 1.67 bits per heavy atom. The van der Waals surface area contributed by atoms with Crippen LogP contribution in [0.25, 0.3) is 0 Å². The highest BCUT2D eigenvalue weighted by Crippen LogP contribution is 2.21. The van der Waals surface area contributed by atoms with Crippen molar-refractivity contribution in [2.75, 3.05) is 24.7 Å². The fourth-order valence-electron chi connectivity index (χ4n) is 2.16. The number of amides is 1. The molecule has 15 heavy (non-hydrogen) atoms. The Balaban J connectivity index is 1.87. The third kappa shape index (κ3) is 2.46. The van der Waals surface area contributed by atoms with Crippen LogP contribution in [0.3, 0.4) is 0 Å². The number of carbonyl (C=O) groups excluding carboxylic acids is 1. The summed E-state index contributed by atoms with van der Waals surface area (Å²) in [5.74, 6) is 2.24. The molecule has 0 aromatic heterocycles. The van der Waals surface area contributed by atoms with E-state index in [0.717, 1.165) is 31.1 Å². The zero-order valence-corrected chi connectivity index (χ0v) is 9.80. The summed E-state index contributed by atoms with van der Waals surface area (Å²) in [6.07, 6.45) is 0.636. The SMILES string of the molecule is CC(O)C1CCN(C(=O)C2CSCN2)C1. The quantitative estimate of drug-likeness (QED) is 0.694. The number of hydrogen-bond donors (Lipinski definition) is 2. The average molecular weight is 230 g/mol. The lowest BCUT2D eigenvalue weighted by atomic mass is 10.0. The summed E-state index contributed by atoms with van der Waals surface area (Å²) in [6, 6.07) is 0.00255. The first-order valence-electron chi connectivity index (χ1n) is 5.46. The number of hydrogen-bond acceptors (Lipinski definition) is 4. The molecule has 5 heteroatoms. The van der Waals surface area contributed by atoms with Crippen molar-refractivity contribution in [3.05, 3.63) is 0 Å². The second kappa shape index (κ2) is 4.72. The largest absolute Gasteiger partial charge is 0.393 e. The number of likely N-dealkylation sites (tertiary alicyclic amines) is 1. The van der Waals surface area contributed by atoms with Crippen molar-refractivity contribution in [1.82, 2.24) is 10.2 Å². The molecule has 0 bridgehead atoms. The number of rotatable bonds is 2. The molecular weight excluding hydrogens is 212 g/mol. The van der Waals surface area contributed by atoms with Crippen LogP contribution in [0.5, 0.6) is 0 Å². The summed E-state index contributed by atoms with van der Waals surface area (Å²) in [5.41, 5.74) is 0. The highest BCUT2D eigenvalue weighted by atomic mass is 32.2. The number of aliphatic hydroxyl groups excluding tert-OH is 1. The molecule has 0 aliphatic carbocycles. The van der Waals surface area contributed by atoms with Gasteiger partial charge in [0.1, 0.15) is 0 Å². The highest BCUT2D eigenvalue weighted by Gasteiger charge is 2.33. The lowest BCUT2D eigenvalue weighted by Crippen LogP contribution is -2.44. The number of carbonyl (C=O) groups is 1. The maximum atomic E-state index is 12.0. The van der Waals surface area contributed by atoms with Crippen molar-refractivity contribution in [3.8, 4) is 0 Å². The second-order valence-electron chi connectivity index (χ2n) is 4.35. The standard InChI is InChI=1S/C10H18N2O2S/c1-7(13)8-2-3-12(4-8)10(14)9-5-15-6-11-9/h7-9,11,13H,2-6H2,1H3. The van der Waals surface area contributed by atoms with Gasteiger partial charge in [-0.1, -0.05) is 0 Å². The minimum Gasteiger partial charge on any atom is -0.393 e. The van der Waals surface area contributed by atoms with Gasteiger partial charge in [-0.25, -0.2) is 0 Å². The predicted molar refractivity (Wildman–Crippen MR) is 60.6 cm³/mol. The Kier molecular flexibility index (Phi) is 3.53. The molecule has 0 radical (unpaired) electrons. The predicted octanol–water partition coefficient (Wildman–Crippen LogP) is -0.122. The number of thioether (sulfide) groups is 1. The van der Waals surface area contributed by atoms with Crippen LogP contribution in [0.2, 0.25) is 0 Å². The van der Waals surface area contributed by atoms with E-state index in [1.807, 2.05) is 11.8 Å². The van der Waals surface area contributed by atoms with E-state index in [-0.39, 0.29) is 24.0 Å². The molecule has 3 unspecified atom stereocenters. The number of nitrogens with one attached hydrogen (secondary N) is 1. The van der Waals surface area contributed by atoms with Crippen LogP contribution in [-0.4, -0.2) is 52.8 Å². The molecule has 3 atom stereocenters. The van der Waals surface area contributed by atoms with Crippen molar-refractivity contribution in [3.63, 3.8) is 0 Å². The lowest BCUT2D eigenvalue weighted by Gasteiger charge is -2.20. The molecule has 2 aliphatic heterocycles. The molecule has 86 valence electrons. The zero-order valence-electron chi connectivity index (χ0n) is 8.98. The van der Waals surface area contributed by atoms with Gasteiger partial charge in [-0.2, -0.15) is 0 Å². The summed E-state index contributed by atoms with van der Waals surface area (Å²) in [6.45, 7) is 3.33. The first kappa shape index (κ1) is 11.2. The van der Waals surface area contributed by atoms with Gasteiger partial charge in [-0.05, 0) is 13.3 Å². The summed E-state index contributed by atoms with van der Waals surface area (Å²) < 4.78 is 0. The van der Waals surface area contributed by atoms with Gasteiger partial charge in [-0.3, -0.25) is 10.1 Å². The zero-order chi connectivity index (χ0) is 10.8. The van der Waals surface area contributed by atoms with E-state index in [2.05, 4.69) is 5.32 Å². The van der Waals surface area contributed by atoms with Crippen molar-refractivity contribution in [2.24, 2.45) is 5.92 Å². The molecule has 2 fully saturated rings. The van der Waals surface area contributed by atoms with E-state index in [1.54, 1.807) is 11.8 Å². The van der Waals surface area contributed by atoms with Gasteiger partial charge in [0, 0.05) is 30.6 Å². The molecule has 2 N–H and O–H groups in total. The van der Waals surface area contributed by atoms with Crippen LogP contribution in [0, 0.1) is 5.92 Å². The van der Waals surface area contributed by atoms with Crippen molar-refractivity contribution >= 4 is 17.7 Å². The maximum Gasteiger partial charge on any atom is 0.240 e. The Labute approximate surface area is 94.4 Å². The van der Waals surface area contributed by atoms with Crippen LogP contribution in [0.15, 0.2) is 0 Å². The van der Waals surface area contributed by atoms with Gasteiger partial charge in [-0.15, -0.1) is 11.8 Å². The molecule has 2 saturated heterocycles. The molecule has 2 heterocycles. The van der Waals surface area contributed by atoms with Crippen molar-refractivity contribution < 1.29 is 9.90 Å². The third-order valence-electron chi connectivity index (χ3n) is 3.23. The Morgan fingerprint density at radius 2 is 2.47 bits per heavy atom. The van der Waals surface area contributed by atoms with Gasteiger partial charge in [0.15, 0.2) is 0 Å². The maximum absolute atomic E-state index is 12.0. The number of aliphatic hydroxyl groups is 1. The molecule has 4 nitrogen and oxygen atoms in total. The Hall–Kier alpha value is -0.260. The molecule has 0 spiro atoms. The van der Waals surface area contributed by atoms with Gasteiger partial charge < -0.3 is 10.0 Å². The Morgan fingerprint density at radius 3 is 3.00 bits per heavy atom. The first-order valence-corrected chi connectivity index (χ1v) is 6.62. The van der Waals surface area contributed by atoms with Gasteiger partial charge in [0.05, 0.1) is 12.1 Å². The third-order valence-corrected chi connectivity index (χ3v) is 4.17. The van der Waals surface area contributed by atoms with Crippen molar-refractivity contribution in [1.29, 1.82) is 0 Å². The normalized spacial score (nSPS) is 33.3. The van der Waals surface area contributed by atoms with Crippen LogP contribution >= 0.6 is 11.8 Å². The van der Waals surface area contributed by atoms with E-state index in [4.69, 9.17) is 0 Å². The lowest BCUT2D eigenvalue weighted by molar-refractivity contribution is -0.131. The van der Waals surface area contributed by atoms with Crippen LogP contribution in [0.4, 0.5) is 0 Å². The molecule has 2 aliphatic rings. The fraction of sp³-hybridized carbons (Fsp3) is 0.900. The monoisotopic (exact) mass is 230 g/mol.